The van der Waals surface area contributed by atoms with E-state index in [4.69, 9.17) is 5.26 Å². The van der Waals surface area contributed by atoms with Crippen LogP contribution in [0.25, 0.3) is 0 Å². The van der Waals surface area contributed by atoms with E-state index in [2.05, 4.69) is 18.0 Å². The summed E-state index contributed by atoms with van der Waals surface area (Å²) in [6.45, 7) is 4.04. The standard InChI is InChI=1S/C11H14N2/c1-3-4-5-10-6-7-13-9(2)11(10)8-12/h6-7H,3-5H2,1-2H3. The molecule has 0 unspecified atom stereocenters. The third-order valence-corrected chi connectivity index (χ3v) is 2.14. The Morgan fingerprint density at radius 1 is 1.54 bits per heavy atom. The average molecular weight is 174 g/mol. The fourth-order valence-corrected chi connectivity index (χ4v) is 1.35. The SMILES string of the molecule is CCCCc1ccnc(C)c1C#N. The van der Waals surface area contributed by atoms with Gasteiger partial charge in [-0.15, -0.1) is 0 Å². The Balaban J connectivity index is 2.93. The molecule has 13 heavy (non-hydrogen) atoms. The van der Waals surface area contributed by atoms with Crippen molar-refractivity contribution in [2.75, 3.05) is 0 Å². The minimum absolute atomic E-state index is 0.760. The van der Waals surface area contributed by atoms with Crippen molar-refractivity contribution in [3.63, 3.8) is 0 Å². The summed E-state index contributed by atoms with van der Waals surface area (Å²) in [5.74, 6) is 0. The Morgan fingerprint density at radius 3 is 2.92 bits per heavy atom. The molecule has 0 aliphatic rings. The van der Waals surface area contributed by atoms with Gasteiger partial charge in [0.25, 0.3) is 0 Å². The van der Waals surface area contributed by atoms with E-state index in [0.717, 1.165) is 36.1 Å². The molecule has 0 saturated heterocycles. The molecule has 0 aliphatic carbocycles. The quantitative estimate of drug-likeness (QED) is 0.706. The number of nitriles is 1. The van der Waals surface area contributed by atoms with Crippen molar-refractivity contribution in [2.24, 2.45) is 0 Å². The van der Waals surface area contributed by atoms with Crippen LogP contribution in [0.3, 0.4) is 0 Å². The Morgan fingerprint density at radius 2 is 2.31 bits per heavy atom. The molecule has 0 fully saturated rings. The van der Waals surface area contributed by atoms with Gasteiger partial charge in [-0.25, -0.2) is 0 Å². The van der Waals surface area contributed by atoms with Crippen molar-refractivity contribution in [3.05, 3.63) is 29.1 Å². The highest BCUT2D eigenvalue weighted by Crippen LogP contribution is 2.12. The number of hydrogen-bond donors (Lipinski definition) is 0. The summed E-state index contributed by atoms with van der Waals surface area (Å²) in [6.07, 6.45) is 5.06. The molecule has 1 aromatic heterocycles. The first-order chi connectivity index (χ1) is 6.29. The topological polar surface area (TPSA) is 36.7 Å². The fraction of sp³-hybridized carbons (Fsp3) is 0.455. The van der Waals surface area contributed by atoms with Gasteiger partial charge in [-0.3, -0.25) is 4.98 Å². The molecule has 2 nitrogen and oxygen atoms in total. The van der Waals surface area contributed by atoms with E-state index in [1.54, 1.807) is 6.20 Å². The van der Waals surface area contributed by atoms with Gasteiger partial charge in [-0.1, -0.05) is 13.3 Å². The lowest BCUT2D eigenvalue weighted by Crippen LogP contribution is -1.95. The summed E-state index contributed by atoms with van der Waals surface area (Å²) in [7, 11) is 0. The summed E-state index contributed by atoms with van der Waals surface area (Å²) in [4.78, 5) is 4.10. The number of rotatable bonds is 3. The lowest BCUT2D eigenvalue weighted by molar-refractivity contribution is 0.791. The number of unbranched alkanes of at least 4 members (excludes halogenated alkanes) is 1. The summed E-state index contributed by atoms with van der Waals surface area (Å²) in [6, 6.07) is 4.16. The van der Waals surface area contributed by atoms with E-state index in [9.17, 15) is 0 Å². The maximum atomic E-state index is 8.91. The van der Waals surface area contributed by atoms with E-state index in [0.29, 0.717) is 0 Å². The molecule has 0 saturated carbocycles. The van der Waals surface area contributed by atoms with Crippen LogP contribution < -0.4 is 0 Å². The second-order valence-corrected chi connectivity index (χ2v) is 3.15. The highest BCUT2D eigenvalue weighted by atomic mass is 14.7. The van der Waals surface area contributed by atoms with E-state index >= 15 is 0 Å². The zero-order chi connectivity index (χ0) is 9.68. The number of pyridine rings is 1. The Hall–Kier alpha value is -1.36. The van der Waals surface area contributed by atoms with Gasteiger partial charge in [0.05, 0.1) is 11.3 Å². The molecular formula is C11H14N2. The summed E-state index contributed by atoms with van der Waals surface area (Å²) in [5, 5.41) is 8.91. The van der Waals surface area contributed by atoms with Crippen LogP contribution in [0.1, 0.15) is 36.6 Å². The molecule has 0 radical (unpaired) electrons. The first-order valence-corrected chi connectivity index (χ1v) is 4.64. The van der Waals surface area contributed by atoms with Crippen molar-refractivity contribution in [1.29, 1.82) is 5.26 Å². The molecule has 2 heteroatoms. The van der Waals surface area contributed by atoms with Gasteiger partial charge in [0.1, 0.15) is 6.07 Å². The molecule has 0 aromatic carbocycles. The monoisotopic (exact) mass is 174 g/mol. The van der Waals surface area contributed by atoms with Crippen LogP contribution in [0.4, 0.5) is 0 Å². The van der Waals surface area contributed by atoms with E-state index in [1.165, 1.54) is 0 Å². The lowest BCUT2D eigenvalue weighted by atomic mass is 10.0. The number of nitrogens with zero attached hydrogens (tertiary/aromatic N) is 2. The zero-order valence-corrected chi connectivity index (χ0v) is 8.17. The predicted octanol–water partition coefficient (Wildman–Crippen LogP) is 2.60. The average Bonchev–Trinajstić information content (AvgIpc) is 2.15. The largest absolute Gasteiger partial charge is 0.260 e. The van der Waals surface area contributed by atoms with Gasteiger partial charge in [0, 0.05) is 6.20 Å². The first kappa shape index (κ1) is 9.73. The van der Waals surface area contributed by atoms with Gasteiger partial charge in [-0.05, 0) is 31.4 Å². The fourth-order valence-electron chi connectivity index (χ4n) is 1.35. The highest BCUT2D eigenvalue weighted by molar-refractivity contribution is 5.39. The van der Waals surface area contributed by atoms with Crippen LogP contribution in [0.2, 0.25) is 0 Å². The van der Waals surface area contributed by atoms with Crippen molar-refractivity contribution in [1.82, 2.24) is 4.98 Å². The van der Waals surface area contributed by atoms with Crippen LogP contribution in [-0.4, -0.2) is 4.98 Å². The molecule has 0 atom stereocenters. The molecule has 0 N–H and O–H groups in total. The summed E-state index contributed by atoms with van der Waals surface area (Å²) in [5.41, 5.74) is 2.74. The van der Waals surface area contributed by atoms with Crippen LogP contribution in [0.15, 0.2) is 12.3 Å². The molecule has 68 valence electrons. The molecule has 1 heterocycles. The van der Waals surface area contributed by atoms with Gasteiger partial charge >= 0.3 is 0 Å². The van der Waals surface area contributed by atoms with Crippen LogP contribution >= 0.6 is 0 Å². The molecule has 0 bridgehead atoms. The third-order valence-electron chi connectivity index (χ3n) is 2.14. The lowest BCUT2D eigenvalue weighted by Gasteiger charge is -2.03. The normalized spacial score (nSPS) is 9.62. The maximum Gasteiger partial charge on any atom is 0.101 e. The van der Waals surface area contributed by atoms with E-state index < -0.39 is 0 Å². The second-order valence-electron chi connectivity index (χ2n) is 3.15. The minimum Gasteiger partial charge on any atom is -0.260 e. The smallest absolute Gasteiger partial charge is 0.101 e. The van der Waals surface area contributed by atoms with Gasteiger partial charge < -0.3 is 0 Å². The van der Waals surface area contributed by atoms with Crippen molar-refractivity contribution < 1.29 is 0 Å². The molecule has 0 aliphatic heterocycles. The minimum atomic E-state index is 0.760. The summed E-state index contributed by atoms with van der Waals surface area (Å²) >= 11 is 0. The van der Waals surface area contributed by atoms with E-state index in [1.807, 2.05) is 13.0 Å². The molecule has 0 spiro atoms. The number of aryl methyl sites for hydroxylation is 2. The van der Waals surface area contributed by atoms with Crippen molar-refractivity contribution in [3.8, 4) is 6.07 Å². The molecular weight excluding hydrogens is 160 g/mol. The molecule has 1 rings (SSSR count). The van der Waals surface area contributed by atoms with Crippen LogP contribution in [-0.2, 0) is 6.42 Å². The molecule has 0 amide bonds. The first-order valence-electron chi connectivity index (χ1n) is 4.64. The highest BCUT2D eigenvalue weighted by Gasteiger charge is 2.04. The van der Waals surface area contributed by atoms with Crippen LogP contribution in [0, 0.1) is 18.3 Å². The van der Waals surface area contributed by atoms with Crippen molar-refractivity contribution >= 4 is 0 Å². The Kier molecular flexibility index (Phi) is 3.45. The van der Waals surface area contributed by atoms with Crippen LogP contribution in [0.5, 0.6) is 0 Å². The predicted molar refractivity (Wildman–Crippen MR) is 52.3 cm³/mol. The van der Waals surface area contributed by atoms with Gasteiger partial charge in [0.2, 0.25) is 0 Å². The second kappa shape index (κ2) is 4.61. The molecule has 1 aromatic rings. The zero-order valence-electron chi connectivity index (χ0n) is 8.17. The Bertz CT molecular complexity index is 323. The Labute approximate surface area is 79.2 Å². The van der Waals surface area contributed by atoms with Gasteiger partial charge in [-0.2, -0.15) is 5.26 Å². The van der Waals surface area contributed by atoms with Gasteiger partial charge in [0.15, 0.2) is 0 Å². The summed E-state index contributed by atoms with van der Waals surface area (Å²) < 4.78 is 0. The van der Waals surface area contributed by atoms with E-state index in [-0.39, 0.29) is 0 Å². The number of hydrogen-bond acceptors (Lipinski definition) is 2. The maximum absolute atomic E-state index is 8.91. The van der Waals surface area contributed by atoms with Crippen molar-refractivity contribution in [2.45, 2.75) is 33.1 Å². The number of aromatic nitrogens is 1. The third kappa shape index (κ3) is 2.29.